The summed E-state index contributed by atoms with van der Waals surface area (Å²) in [5.74, 6) is -0.803. The molecule has 0 radical (unpaired) electrons. The highest BCUT2D eigenvalue weighted by Crippen LogP contribution is 1.69. The zero-order valence-corrected chi connectivity index (χ0v) is 5.84. The van der Waals surface area contributed by atoms with Crippen LogP contribution < -0.4 is 10.6 Å². The SMILES string of the molecule is CC(=O)NC(O)NC(C)=O. The second-order valence-corrected chi connectivity index (χ2v) is 1.80. The molecule has 0 spiro atoms. The zero-order chi connectivity index (χ0) is 8.15. The van der Waals surface area contributed by atoms with E-state index in [0.29, 0.717) is 0 Å². The number of nitrogens with one attached hydrogen (secondary N) is 2. The molecule has 5 heteroatoms. The van der Waals surface area contributed by atoms with Crippen LogP contribution in [0.15, 0.2) is 0 Å². The van der Waals surface area contributed by atoms with Crippen LogP contribution in [0, 0.1) is 0 Å². The van der Waals surface area contributed by atoms with Gasteiger partial charge in [-0.3, -0.25) is 9.59 Å². The maximum absolute atomic E-state index is 10.2. The van der Waals surface area contributed by atoms with Crippen LogP contribution in [0.5, 0.6) is 0 Å². The molecule has 0 fully saturated rings. The molecule has 10 heavy (non-hydrogen) atoms. The predicted molar refractivity (Wildman–Crippen MR) is 33.6 cm³/mol. The van der Waals surface area contributed by atoms with Crippen molar-refractivity contribution in [1.29, 1.82) is 0 Å². The minimum atomic E-state index is -1.28. The van der Waals surface area contributed by atoms with Crippen LogP contribution in [0.1, 0.15) is 13.8 Å². The van der Waals surface area contributed by atoms with Crippen molar-refractivity contribution in [3.63, 3.8) is 0 Å². The molecule has 0 saturated heterocycles. The Bertz CT molecular complexity index is 130. The van der Waals surface area contributed by atoms with Gasteiger partial charge in [-0.05, 0) is 0 Å². The summed E-state index contributed by atoms with van der Waals surface area (Å²) in [5.41, 5.74) is 0. The summed E-state index contributed by atoms with van der Waals surface area (Å²) in [4.78, 5) is 20.4. The lowest BCUT2D eigenvalue weighted by molar-refractivity contribution is -0.126. The van der Waals surface area contributed by atoms with Gasteiger partial charge in [-0.1, -0.05) is 0 Å². The first-order valence-electron chi connectivity index (χ1n) is 2.74. The van der Waals surface area contributed by atoms with Crippen molar-refractivity contribution < 1.29 is 14.7 Å². The largest absolute Gasteiger partial charge is 0.356 e. The molecule has 0 bridgehead atoms. The van der Waals surface area contributed by atoms with E-state index in [1.165, 1.54) is 13.8 Å². The van der Waals surface area contributed by atoms with Gasteiger partial charge in [0.05, 0.1) is 0 Å². The Hall–Kier alpha value is -1.10. The van der Waals surface area contributed by atoms with Gasteiger partial charge in [0, 0.05) is 13.8 Å². The molecule has 58 valence electrons. The Balaban J connectivity index is 3.53. The minimum absolute atomic E-state index is 0.402. The van der Waals surface area contributed by atoms with Crippen molar-refractivity contribution in [2.45, 2.75) is 20.2 Å². The Kier molecular flexibility index (Phi) is 3.42. The third-order valence-electron chi connectivity index (χ3n) is 0.680. The Labute approximate surface area is 58.4 Å². The molecule has 0 saturated carbocycles. The molecule has 0 aliphatic carbocycles. The van der Waals surface area contributed by atoms with Gasteiger partial charge >= 0.3 is 0 Å². The van der Waals surface area contributed by atoms with Gasteiger partial charge in [0.1, 0.15) is 0 Å². The van der Waals surface area contributed by atoms with Crippen LogP contribution in [-0.2, 0) is 9.59 Å². The fourth-order valence-electron chi connectivity index (χ4n) is 0.421. The summed E-state index contributed by atoms with van der Waals surface area (Å²) in [6.45, 7) is 2.48. The van der Waals surface area contributed by atoms with E-state index in [1.54, 1.807) is 0 Å². The lowest BCUT2D eigenvalue weighted by Gasteiger charge is -2.10. The Morgan fingerprint density at radius 1 is 1.20 bits per heavy atom. The van der Waals surface area contributed by atoms with Crippen molar-refractivity contribution >= 4 is 11.8 Å². The fourth-order valence-corrected chi connectivity index (χ4v) is 0.421. The molecule has 0 rings (SSSR count). The average molecular weight is 146 g/mol. The first kappa shape index (κ1) is 8.90. The molecule has 0 aromatic rings. The summed E-state index contributed by atoms with van der Waals surface area (Å²) in [7, 11) is 0. The van der Waals surface area contributed by atoms with Crippen LogP contribution in [0.3, 0.4) is 0 Å². The molecule has 2 amide bonds. The topological polar surface area (TPSA) is 78.4 Å². The van der Waals surface area contributed by atoms with Crippen LogP contribution in [0.4, 0.5) is 0 Å². The van der Waals surface area contributed by atoms with E-state index in [2.05, 4.69) is 10.6 Å². The highest BCUT2D eigenvalue weighted by atomic mass is 16.3. The number of hydrogen-bond acceptors (Lipinski definition) is 3. The van der Waals surface area contributed by atoms with Crippen molar-refractivity contribution in [2.24, 2.45) is 0 Å². The van der Waals surface area contributed by atoms with E-state index in [-0.39, 0.29) is 0 Å². The third kappa shape index (κ3) is 5.04. The summed E-state index contributed by atoms with van der Waals surface area (Å²) in [6, 6.07) is 0. The fraction of sp³-hybridized carbons (Fsp3) is 0.600. The van der Waals surface area contributed by atoms with Crippen LogP contribution in [-0.4, -0.2) is 23.3 Å². The summed E-state index contributed by atoms with van der Waals surface area (Å²) < 4.78 is 0. The number of hydrogen-bond donors (Lipinski definition) is 3. The molecule has 0 atom stereocenters. The molecular formula is C5H10N2O3. The van der Waals surface area contributed by atoms with E-state index >= 15 is 0 Å². The lowest BCUT2D eigenvalue weighted by atomic mass is 10.6. The molecule has 0 aromatic heterocycles. The van der Waals surface area contributed by atoms with E-state index in [9.17, 15) is 9.59 Å². The number of carbonyl (C=O) groups excluding carboxylic acids is 2. The lowest BCUT2D eigenvalue weighted by Crippen LogP contribution is -2.46. The number of aliphatic hydroxyl groups excluding tert-OH is 1. The second kappa shape index (κ2) is 3.84. The predicted octanol–water partition coefficient (Wildman–Crippen LogP) is -1.47. The van der Waals surface area contributed by atoms with E-state index in [4.69, 9.17) is 5.11 Å². The van der Waals surface area contributed by atoms with Crippen molar-refractivity contribution in [1.82, 2.24) is 10.6 Å². The Morgan fingerprint density at radius 2 is 1.50 bits per heavy atom. The molecule has 0 unspecified atom stereocenters. The number of rotatable bonds is 2. The highest BCUT2D eigenvalue weighted by Gasteiger charge is 2.03. The summed E-state index contributed by atoms with van der Waals surface area (Å²) in [6.07, 6.45) is -1.28. The van der Waals surface area contributed by atoms with Gasteiger partial charge in [0.25, 0.3) is 0 Å². The first-order valence-corrected chi connectivity index (χ1v) is 2.74. The normalized spacial score (nSPS) is 9.20. The molecule has 3 N–H and O–H groups in total. The molecule has 0 aliphatic heterocycles. The second-order valence-electron chi connectivity index (χ2n) is 1.80. The summed E-state index contributed by atoms with van der Waals surface area (Å²) >= 11 is 0. The third-order valence-corrected chi connectivity index (χ3v) is 0.680. The van der Waals surface area contributed by atoms with Crippen LogP contribution in [0.25, 0.3) is 0 Å². The van der Waals surface area contributed by atoms with Crippen LogP contribution >= 0.6 is 0 Å². The molecule has 0 aromatic carbocycles. The molecular weight excluding hydrogens is 136 g/mol. The minimum Gasteiger partial charge on any atom is -0.356 e. The van der Waals surface area contributed by atoms with Crippen LogP contribution in [0.2, 0.25) is 0 Å². The molecule has 0 aliphatic rings. The maximum Gasteiger partial charge on any atom is 0.220 e. The van der Waals surface area contributed by atoms with Crippen molar-refractivity contribution in [2.75, 3.05) is 0 Å². The van der Waals surface area contributed by atoms with Gasteiger partial charge in [-0.2, -0.15) is 0 Å². The van der Waals surface area contributed by atoms with E-state index < -0.39 is 18.2 Å². The van der Waals surface area contributed by atoms with Gasteiger partial charge in [0.15, 0.2) is 0 Å². The monoisotopic (exact) mass is 146 g/mol. The van der Waals surface area contributed by atoms with Gasteiger partial charge < -0.3 is 15.7 Å². The molecule has 5 nitrogen and oxygen atoms in total. The number of carbonyl (C=O) groups is 2. The zero-order valence-electron chi connectivity index (χ0n) is 5.84. The number of amides is 2. The Morgan fingerprint density at radius 3 is 1.70 bits per heavy atom. The summed E-state index contributed by atoms with van der Waals surface area (Å²) in [5, 5.41) is 12.8. The first-order chi connectivity index (χ1) is 4.52. The highest BCUT2D eigenvalue weighted by molar-refractivity contribution is 5.75. The smallest absolute Gasteiger partial charge is 0.220 e. The van der Waals surface area contributed by atoms with Gasteiger partial charge in [0.2, 0.25) is 18.2 Å². The average Bonchev–Trinajstić information content (AvgIpc) is 1.58. The molecule has 0 heterocycles. The van der Waals surface area contributed by atoms with Gasteiger partial charge in [-0.25, -0.2) is 0 Å². The van der Waals surface area contributed by atoms with E-state index in [0.717, 1.165) is 0 Å². The quantitative estimate of drug-likeness (QED) is 0.416. The number of aliphatic hydroxyl groups is 1. The van der Waals surface area contributed by atoms with E-state index in [1.807, 2.05) is 0 Å². The maximum atomic E-state index is 10.2. The standard InChI is InChI=1S/C5H10N2O3/c1-3(8)6-5(10)7-4(2)9/h5,10H,1-2H3,(H,6,8)(H,7,9). The van der Waals surface area contributed by atoms with Crippen molar-refractivity contribution in [3.8, 4) is 0 Å². The van der Waals surface area contributed by atoms with Gasteiger partial charge in [-0.15, -0.1) is 0 Å². The van der Waals surface area contributed by atoms with Crippen molar-refractivity contribution in [3.05, 3.63) is 0 Å².